The fourth-order valence-electron chi connectivity index (χ4n) is 4.68. The minimum absolute atomic E-state index is 0.143. The minimum Gasteiger partial charge on any atom is -0.481 e. The fourth-order valence-corrected chi connectivity index (χ4v) is 4.81. The molecule has 1 aliphatic heterocycles. The summed E-state index contributed by atoms with van der Waals surface area (Å²) in [6.07, 6.45) is 3.63. The zero-order valence-electron chi connectivity index (χ0n) is 15.4. The number of nitrogens with zero attached hydrogens (tertiary/aromatic N) is 1. The lowest BCUT2D eigenvalue weighted by Gasteiger charge is -2.47. The first-order valence-electron chi connectivity index (χ1n) is 9.64. The topological polar surface area (TPSA) is 83.6 Å². The van der Waals surface area contributed by atoms with Gasteiger partial charge in [0, 0.05) is 22.7 Å². The Morgan fingerprint density at radius 3 is 2.43 bits per heavy atom. The highest BCUT2D eigenvalue weighted by molar-refractivity contribution is 6.30. The van der Waals surface area contributed by atoms with E-state index in [-0.39, 0.29) is 18.0 Å². The third-order valence-corrected chi connectivity index (χ3v) is 6.24. The summed E-state index contributed by atoms with van der Waals surface area (Å²) < 4.78 is 0. The molecule has 2 aliphatic rings. The molecule has 0 spiro atoms. The first-order chi connectivity index (χ1) is 13.5. The molecule has 6 heteroatoms. The molecular formula is C22H23ClN2O3. The van der Waals surface area contributed by atoms with Crippen LogP contribution in [0.1, 0.15) is 59.1 Å². The van der Waals surface area contributed by atoms with E-state index in [0.29, 0.717) is 16.1 Å². The van der Waals surface area contributed by atoms with E-state index in [0.717, 1.165) is 31.2 Å². The summed E-state index contributed by atoms with van der Waals surface area (Å²) in [6, 6.07) is 13.1. The lowest BCUT2D eigenvalue weighted by molar-refractivity contribution is -0.141. The number of fused-ring (bicyclic) bond motifs is 1. The average Bonchev–Trinajstić information content (AvgIpc) is 2.69. The molecule has 1 aliphatic carbocycles. The Hall–Kier alpha value is -2.37. The molecule has 0 saturated heterocycles. The van der Waals surface area contributed by atoms with Crippen molar-refractivity contribution in [2.24, 2.45) is 5.73 Å². The van der Waals surface area contributed by atoms with Crippen molar-refractivity contribution in [2.75, 3.05) is 0 Å². The van der Waals surface area contributed by atoms with Gasteiger partial charge in [0.2, 0.25) is 0 Å². The number of halogens is 1. The van der Waals surface area contributed by atoms with E-state index in [4.69, 9.17) is 17.3 Å². The second-order valence-electron chi connectivity index (χ2n) is 7.63. The molecule has 0 unspecified atom stereocenters. The Morgan fingerprint density at radius 1 is 1.07 bits per heavy atom. The van der Waals surface area contributed by atoms with Gasteiger partial charge in [0.05, 0.1) is 6.04 Å². The van der Waals surface area contributed by atoms with Crippen LogP contribution in [0.4, 0.5) is 0 Å². The molecule has 1 heterocycles. The van der Waals surface area contributed by atoms with E-state index in [2.05, 4.69) is 0 Å². The summed E-state index contributed by atoms with van der Waals surface area (Å²) in [5.74, 6) is -1.95. The summed E-state index contributed by atoms with van der Waals surface area (Å²) in [4.78, 5) is 27.7. The quantitative estimate of drug-likeness (QED) is 0.819. The number of benzene rings is 2. The summed E-state index contributed by atoms with van der Waals surface area (Å²) in [7, 11) is 0. The monoisotopic (exact) mass is 398 g/mol. The Kier molecular flexibility index (Phi) is 5.13. The van der Waals surface area contributed by atoms with E-state index < -0.39 is 17.9 Å². The van der Waals surface area contributed by atoms with Gasteiger partial charge < -0.3 is 15.7 Å². The lowest BCUT2D eigenvalue weighted by atomic mass is 9.77. The van der Waals surface area contributed by atoms with Gasteiger partial charge in [0.15, 0.2) is 0 Å². The van der Waals surface area contributed by atoms with Crippen LogP contribution in [0.15, 0.2) is 48.5 Å². The smallest absolute Gasteiger partial charge is 0.313 e. The highest BCUT2D eigenvalue weighted by atomic mass is 35.5. The van der Waals surface area contributed by atoms with Crippen LogP contribution in [0.2, 0.25) is 5.02 Å². The maximum atomic E-state index is 13.5. The van der Waals surface area contributed by atoms with E-state index in [1.165, 1.54) is 0 Å². The SMILES string of the molecule is N[C@H]1CCCC[C@@H]1N1C(=O)c2ccccc2[C@@H](C(=O)O)[C@@H]1c1ccc(Cl)cc1. The molecule has 4 rings (SSSR count). The predicted octanol–water partition coefficient (Wildman–Crippen LogP) is 3.98. The molecule has 146 valence electrons. The maximum absolute atomic E-state index is 13.5. The van der Waals surface area contributed by atoms with E-state index in [9.17, 15) is 14.7 Å². The third-order valence-electron chi connectivity index (χ3n) is 5.99. The van der Waals surface area contributed by atoms with Crippen LogP contribution in [0, 0.1) is 0 Å². The Bertz CT molecular complexity index is 899. The average molecular weight is 399 g/mol. The summed E-state index contributed by atoms with van der Waals surface area (Å²) in [5, 5.41) is 10.7. The van der Waals surface area contributed by atoms with Gasteiger partial charge in [0.1, 0.15) is 5.92 Å². The Labute approximate surface area is 169 Å². The van der Waals surface area contributed by atoms with Crippen LogP contribution in [0.5, 0.6) is 0 Å². The van der Waals surface area contributed by atoms with Crippen molar-refractivity contribution in [2.45, 2.75) is 49.7 Å². The van der Waals surface area contributed by atoms with Gasteiger partial charge in [-0.25, -0.2) is 0 Å². The van der Waals surface area contributed by atoms with Crippen LogP contribution in [-0.4, -0.2) is 34.0 Å². The van der Waals surface area contributed by atoms with Crippen LogP contribution in [0.25, 0.3) is 0 Å². The molecule has 1 fully saturated rings. The highest BCUT2D eigenvalue weighted by Gasteiger charge is 2.48. The number of amides is 1. The van der Waals surface area contributed by atoms with Crippen molar-refractivity contribution in [3.63, 3.8) is 0 Å². The molecule has 3 N–H and O–H groups in total. The number of carboxylic acid groups (broad SMARTS) is 1. The van der Waals surface area contributed by atoms with E-state index >= 15 is 0 Å². The summed E-state index contributed by atoms with van der Waals surface area (Å²) >= 11 is 6.05. The zero-order chi connectivity index (χ0) is 19.8. The summed E-state index contributed by atoms with van der Waals surface area (Å²) in [5.41, 5.74) is 8.19. The van der Waals surface area contributed by atoms with Crippen molar-refractivity contribution in [1.82, 2.24) is 4.90 Å². The van der Waals surface area contributed by atoms with Crippen molar-refractivity contribution in [3.05, 3.63) is 70.2 Å². The lowest BCUT2D eigenvalue weighted by Crippen LogP contribution is -2.56. The van der Waals surface area contributed by atoms with Crippen molar-refractivity contribution in [1.29, 1.82) is 0 Å². The van der Waals surface area contributed by atoms with Gasteiger partial charge in [-0.3, -0.25) is 9.59 Å². The molecule has 2 aromatic carbocycles. The number of carbonyl (C=O) groups excluding carboxylic acids is 1. The number of rotatable bonds is 3. The molecule has 0 radical (unpaired) electrons. The van der Waals surface area contributed by atoms with Gasteiger partial charge in [0.25, 0.3) is 5.91 Å². The minimum atomic E-state index is -0.950. The van der Waals surface area contributed by atoms with Gasteiger partial charge >= 0.3 is 5.97 Å². The number of hydrogen-bond acceptors (Lipinski definition) is 3. The number of aliphatic carboxylic acids is 1. The Balaban J connectivity index is 1.91. The number of carboxylic acids is 1. The Morgan fingerprint density at radius 2 is 1.75 bits per heavy atom. The molecular weight excluding hydrogens is 376 g/mol. The molecule has 0 aromatic heterocycles. The predicted molar refractivity (Wildman–Crippen MR) is 107 cm³/mol. The largest absolute Gasteiger partial charge is 0.481 e. The van der Waals surface area contributed by atoms with E-state index in [1.54, 1.807) is 41.3 Å². The first kappa shape index (κ1) is 19.0. The summed E-state index contributed by atoms with van der Waals surface area (Å²) in [6.45, 7) is 0. The first-order valence-corrected chi connectivity index (χ1v) is 10.0. The van der Waals surface area contributed by atoms with Crippen molar-refractivity contribution in [3.8, 4) is 0 Å². The maximum Gasteiger partial charge on any atom is 0.313 e. The molecule has 1 amide bonds. The standard InChI is InChI=1S/C22H23ClN2O3/c23-14-11-9-13(10-12-14)20-19(22(27)28)15-5-1-2-6-16(15)21(26)25(20)18-8-4-3-7-17(18)24/h1-2,5-6,9-12,17-20H,3-4,7-8,24H2,(H,27,28)/t17-,18-,19+,20-/m0/s1. The van der Waals surface area contributed by atoms with Gasteiger partial charge in [-0.2, -0.15) is 0 Å². The van der Waals surface area contributed by atoms with Crippen molar-refractivity contribution < 1.29 is 14.7 Å². The zero-order valence-corrected chi connectivity index (χ0v) is 16.2. The second kappa shape index (κ2) is 7.57. The third kappa shape index (κ3) is 3.19. The van der Waals surface area contributed by atoms with Gasteiger partial charge in [-0.1, -0.05) is 54.8 Å². The van der Waals surface area contributed by atoms with Crippen LogP contribution in [0.3, 0.4) is 0 Å². The normalized spacial score (nSPS) is 27.4. The molecule has 1 saturated carbocycles. The van der Waals surface area contributed by atoms with E-state index in [1.807, 2.05) is 12.1 Å². The molecule has 28 heavy (non-hydrogen) atoms. The van der Waals surface area contributed by atoms with Gasteiger partial charge in [-0.05, 0) is 42.2 Å². The second-order valence-corrected chi connectivity index (χ2v) is 8.06. The highest BCUT2D eigenvalue weighted by Crippen LogP contribution is 2.45. The van der Waals surface area contributed by atoms with Crippen LogP contribution >= 0.6 is 11.6 Å². The fraction of sp³-hybridized carbons (Fsp3) is 0.364. The number of carbonyl (C=O) groups is 2. The van der Waals surface area contributed by atoms with Crippen LogP contribution in [-0.2, 0) is 4.79 Å². The molecule has 0 bridgehead atoms. The van der Waals surface area contributed by atoms with Crippen LogP contribution < -0.4 is 5.73 Å². The number of nitrogens with two attached hydrogens (primary N) is 1. The number of hydrogen-bond donors (Lipinski definition) is 2. The molecule has 2 aromatic rings. The van der Waals surface area contributed by atoms with Gasteiger partial charge in [-0.15, -0.1) is 0 Å². The molecule has 5 nitrogen and oxygen atoms in total. The van der Waals surface area contributed by atoms with Crippen molar-refractivity contribution >= 4 is 23.5 Å². The molecule has 4 atom stereocenters.